The number of imidazole rings is 1. The van der Waals surface area contributed by atoms with Gasteiger partial charge in [-0.25, -0.2) is 9.78 Å². The number of aromatic nitrogens is 3. The Hall–Kier alpha value is -3.80. The number of esters is 1. The van der Waals surface area contributed by atoms with Gasteiger partial charge in [-0.3, -0.25) is 19.4 Å². The summed E-state index contributed by atoms with van der Waals surface area (Å²) in [6.45, 7) is 12.1. The maximum Gasteiger partial charge on any atom is 0.410 e. The predicted octanol–water partition coefficient (Wildman–Crippen LogP) is 3.90. The second-order valence-corrected chi connectivity index (χ2v) is 17.3. The van der Waals surface area contributed by atoms with E-state index in [4.69, 9.17) is 23.7 Å². The molecule has 5 heterocycles. The summed E-state index contributed by atoms with van der Waals surface area (Å²) in [6, 6.07) is 2.62. The van der Waals surface area contributed by atoms with Crippen LogP contribution in [0.4, 0.5) is 4.79 Å². The second-order valence-electron chi connectivity index (χ2n) is 17.3. The van der Waals surface area contributed by atoms with E-state index in [1.807, 2.05) is 48.8 Å². The van der Waals surface area contributed by atoms with E-state index in [1.165, 1.54) is 14.0 Å². The van der Waals surface area contributed by atoms with Crippen molar-refractivity contribution in [2.24, 2.45) is 23.7 Å². The minimum atomic E-state index is -1.45. The lowest BCUT2D eigenvalue weighted by molar-refractivity contribution is -0.297. The Labute approximate surface area is 347 Å². The summed E-state index contributed by atoms with van der Waals surface area (Å²) in [5.74, 6) is -6.00. The number of ether oxygens (including phenoxy) is 5. The van der Waals surface area contributed by atoms with Crippen LogP contribution in [0, 0.1) is 23.7 Å². The van der Waals surface area contributed by atoms with E-state index in [-0.39, 0.29) is 37.3 Å². The van der Waals surface area contributed by atoms with E-state index in [9.17, 15) is 29.4 Å². The number of unbranched alkanes of at least 4 members (excludes halogenated alkanes) is 1. The molecule has 0 bridgehead atoms. The maximum atomic E-state index is 14.7. The minimum Gasteiger partial charge on any atom is -0.458 e. The molecule has 0 radical (unpaired) electrons. The van der Waals surface area contributed by atoms with Gasteiger partial charge in [0.1, 0.15) is 30.0 Å². The Balaban J connectivity index is 1.45. The molecular weight excluding hydrogens is 762 g/mol. The molecule has 13 atom stereocenters. The number of likely N-dealkylation sites (N-methyl/N-ethyl adjacent to an activating group) is 1. The number of hydrogen-bond donors (Lipinski definition) is 2. The lowest BCUT2D eigenvalue weighted by Crippen LogP contribution is -2.61. The molecule has 2 aromatic heterocycles. The van der Waals surface area contributed by atoms with Crippen LogP contribution in [0.3, 0.4) is 0 Å². The second kappa shape index (κ2) is 19.3. The molecule has 16 heteroatoms. The first-order valence-corrected chi connectivity index (χ1v) is 20.9. The molecular formula is C43H65N5O11. The largest absolute Gasteiger partial charge is 0.458 e. The van der Waals surface area contributed by atoms with Gasteiger partial charge < -0.3 is 48.3 Å². The average Bonchev–Trinajstić information content (AvgIpc) is 3.79. The third-order valence-corrected chi connectivity index (χ3v) is 12.8. The van der Waals surface area contributed by atoms with Crippen molar-refractivity contribution in [1.82, 2.24) is 24.3 Å². The van der Waals surface area contributed by atoms with E-state index in [1.54, 1.807) is 58.2 Å². The SMILES string of the molecule is CC[C@H]1OC(=O)[C@H](C)C(=O)[C@H](CO)[C@@H](O[C@@H]2O[C@H](C)C[C@H](N(C)C)[C@H]2O)[C@](C)(OC)C[C@@H](C)C(=O)[C@H](C)[C@H]2N(CCCCn3cnc(-c4cccnc4)c3)C(=O)O[C@]12C. The molecule has 2 N–H and O–H groups in total. The monoisotopic (exact) mass is 827 g/mol. The van der Waals surface area contributed by atoms with E-state index in [0.717, 1.165) is 11.3 Å². The van der Waals surface area contributed by atoms with Gasteiger partial charge in [-0.05, 0) is 86.0 Å². The van der Waals surface area contributed by atoms with Gasteiger partial charge in [0.2, 0.25) is 0 Å². The fourth-order valence-corrected chi connectivity index (χ4v) is 9.42. The molecule has 3 fully saturated rings. The first-order chi connectivity index (χ1) is 27.9. The number of aliphatic hydroxyl groups excluding tert-OH is 2. The summed E-state index contributed by atoms with van der Waals surface area (Å²) in [6.07, 6.45) is 3.59. The van der Waals surface area contributed by atoms with Gasteiger partial charge in [0.15, 0.2) is 17.7 Å². The van der Waals surface area contributed by atoms with Crippen molar-refractivity contribution in [1.29, 1.82) is 0 Å². The molecule has 3 saturated heterocycles. The van der Waals surface area contributed by atoms with Crippen molar-refractivity contribution < 1.29 is 53.1 Å². The number of Topliss-reactive ketones (excluding diaryl/α,β-unsaturated/α-hetero) is 2. The zero-order chi connectivity index (χ0) is 43.4. The number of aryl methyl sites for hydroxylation is 1. The quantitative estimate of drug-likeness (QED) is 0.178. The van der Waals surface area contributed by atoms with Crippen molar-refractivity contribution in [3.8, 4) is 11.3 Å². The van der Waals surface area contributed by atoms with Gasteiger partial charge >= 0.3 is 12.1 Å². The number of amides is 1. The van der Waals surface area contributed by atoms with Gasteiger partial charge in [0, 0.05) is 62.2 Å². The van der Waals surface area contributed by atoms with Crippen LogP contribution in [0.25, 0.3) is 11.3 Å². The van der Waals surface area contributed by atoms with Gasteiger partial charge in [-0.15, -0.1) is 0 Å². The van der Waals surface area contributed by atoms with Crippen molar-refractivity contribution in [2.45, 2.75) is 141 Å². The highest BCUT2D eigenvalue weighted by Gasteiger charge is 2.60. The van der Waals surface area contributed by atoms with E-state index in [2.05, 4.69) is 9.97 Å². The first-order valence-electron chi connectivity index (χ1n) is 20.9. The Morgan fingerprint density at radius 1 is 1.05 bits per heavy atom. The number of methoxy groups -OCH3 is 1. The van der Waals surface area contributed by atoms with Gasteiger partial charge in [-0.1, -0.05) is 20.8 Å². The number of rotatable bonds is 12. The van der Waals surface area contributed by atoms with Crippen molar-refractivity contribution >= 4 is 23.6 Å². The molecule has 59 heavy (non-hydrogen) atoms. The van der Waals surface area contributed by atoms with E-state index >= 15 is 0 Å². The fourth-order valence-electron chi connectivity index (χ4n) is 9.42. The topological polar surface area (TPSA) is 192 Å². The third-order valence-electron chi connectivity index (χ3n) is 12.8. The van der Waals surface area contributed by atoms with Crippen LogP contribution in [0.1, 0.15) is 80.6 Å². The molecule has 0 unspecified atom stereocenters. The van der Waals surface area contributed by atoms with Crippen molar-refractivity contribution in [3.63, 3.8) is 0 Å². The highest BCUT2D eigenvalue weighted by Crippen LogP contribution is 2.43. The number of carbonyl (C=O) groups is 4. The molecule has 3 aliphatic heterocycles. The highest BCUT2D eigenvalue weighted by atomic mass is 16.7. The molecule has 16 nitrogen and oxygen atoms in total. The van der Waals surface area contributed by atoms with Crippen LogP contribution >= 0.6 is 0 Å². The van der Waals surface area contributed by atoms with Crippen molar-refractivity contribution in [2.75, 3.05) is 34.4 Å². The highest BCUT2D eigenvalue weighted by molar-refractivity contribution is 6.00. The Morgan fingerprint density at radius 2 is 1.76 bits per heavy atom. The van der Waals surface area contributed by atoms with Crippen molar-refractivity contribution in [3.05, 3.63) is 37.1 Å². The molecule has 0 spiro atoms. The summed E-state index contributed by atoms with van der Waals surface area (Å²) < 4.78 is 33.0. The first kappa shape index (κ1) is 46.3. The average molecular weight is 828 g/mol. The maximum absolute atomic E-state index is 14.7. The molecule has 1 amide bonds. The number of nitrogens with zero attached hydrogens (tertiary/aromatic N) is 5. The number of carbonyl (C=O) groups excluding carboxylic acids is 4. The third kappa shape index (κ3) is 9.73. The Kier molecular flexibility index (Phi) is 15.1. The molecule has 5 rings (SSSR count). The predicted molar refractivity (Wildman–Crippen MR) is 216 cm³/mol. The van der Waals surface area contributed by atoms with Gasteiger partial charge in [0.25, 0.3) is 0 Å². The summed E-state index contributed by atoms with van der Waals surface area (Å²) >= 11 is 0. The molecule has 0 aromatic carbocycles. The summed E-state index contributed by atoms with van der Waals surface area (Å²) in [4.78, 5) is 69.1. The summed E-state index contributed by atoms with van der Waals surface area (Å²) in [5, 5.41) is 22.3. The molecule has 3 aliphatic rings. The van der Waals surface area contributed by atoms with E-state index < -0.39 is 90.0 Å². The number of cyclic esters (lactones) is 1. The van der Waals surface area contributed by atoms with Crippen LogP contribution in [0.5, 0.6) is 0 Å². The number of aliphatic hydroxyl groups is 2. The van der Waals surface area contributed by atoms with Crippen LogP contribution in [-0.2, 0) is 44.6 Å². The van der Waals surface area contributed by atoms with E-state index in [0.29, 0.717) is 25.8 Å². The van der Waals surface area contributed by atoms with Crippen LogP contribution < -0.4 is 0 Å². The van der Waals surface area contributed by atoms with Crippen LogP contribution in [0.2, 0.25) is 0 Å². The number of ketones is 2. The molecule has 328 valence electrons. The Bertz CT molecular complexity index is 1760. The summed E-state index contributed by atoms with van der Waals surface area (Å²) in [5.41, 5.74) is -1.17. The zero-order valence-electron chi connectivity index (χ0n) is 36.3. The lowest BCUT2D eigenvalue weighted by Gasteiger charge is -2.47. The van der Waals surface area contributed by atoms with Crippen LogP contribution in [0.15, 0.2) is 37.1 Å². The number of pyridine rings is 1. The molecule has 2 aromatic rings. The van der Waals surface area contributed by atoms with Gasteiger partial charge in [0.05, 0.1) is 42.3 Å². The minimum absolute atomic E-state index is 0.0246. The normalized spacial score (nSPS) is 36.3. The standard InChI is InChI=1S/C43H65N5O11/c1-11-33-43(7)37(48(41(54)59-43)18-13-12-17-47-22-31(45-24-47)29-15-14-16-44-21-29)27(4)34(50)25(2)20-42(6,55-10)38(30(23-49)35(51)28(5)39(53)57-33)58-40-36(52)32(46(8)9)19-26(3)56-40/h14-16,21-22,24-28,30,32-33,36-38,40,49,52H,11-13,17-20,23H2,1-10H3/t25-,26-,27+,28-,30+,32+,33-,36-,37-,38-,40+,42-,43-/m1/s1. The number of hydrogen-bond acceptors (Lipinski definition) is 14. The molecule has 0 aliphatic carbocycles. The van der Waals surface area contributed by atoms with Gasteiger partial charge in [-0.2, -0.15) is 0 Å². The number of fused-ring (bicyclic) bond motifs is 1. The smallest absolute Gasteiger partial charge is 0.410 e. The summed E-state index contributed by atoms with van der Waals surface area (Å²) in [7, 11) is 5.11. The fraction of sp³-hybridized carbons (Fsp3) is 0.721. The Morgan fingerprint density at radius 3 is 2.39 bits per heavy atom. The molecule has 0 saturated carbocycles. The zero-order valence-corrected chi connectivity index (χ0v) is 36.3. The lowest BCUT2D eigenvalue weighted by atomic mass is 9.73. The van der Waals surface area contributed by atoms with Crippen LogP contribution in [-0.4, -0.2) is 147 Å².